The minimum absolute atomic E-state index is 0.205. The number of fused-ring (bicyclic) bond motifs is 1. The molecule has 0 fully saturated rings. The summed E-state index contributed by atoms with van der Waals surface area (Å²) in [7, 11) is 0. The molecule has 0 atom stereocenters. The topological polar surface area (TPSA) is 53.2 Å². The highest BCUT2D eigenvalue weighted by Crippen LogP contribution is 2.15. The number of carbonyl (C=O) groups is 1. The van der Waals surface area contributed by atoms with E-state index in [1.165, 1.54) is 12.8 Å². The van der Waals surface area contributed by atoms with Gasteiger partial charge in [-0.15, -0.1) is 0 Å². The zero-order valence-corrected chi connectivity index (χ0v) is 13.5. The van der Waals surface area contributed by atoms with Crippen molar-refractivity contribution in [3.63, 3.8) is 0 Å². The first-order chi connectivity index (χ1) is 10.7. The van der Waals surface area contributed by atoms with Crippen LogP contribution in [0.3, 0.4) is 0 Å². The van der Waals surface area contributed by atoms with Crippen LogP contribution in [0.1, 0.15) is 36.5 Å². The Morgan fingerprint density at radius 3 is 2.59 bits per heavy atom. The molecule has 0 aliphatic rings. The van der Waals surface area contributed by atoms with Gasteiger partial charge in [0.1, 0.15) is 0 Å². The fraction of sp³-hybridized carbons (Fsp3) is 0.294. The Kier molecular flexibility index (Phi) is 6.15. The second kappa shape index (κ2) is 8.34. The molecule has 0 saturated carbocycles. The van der Waals surface area contributed by atoms with Crippen molar-refractivity contribution in [3.8, 4) is 0 Å². The molecule has 0 spiro atoms. The van der Waals surface area contributed by atoms with E-state index in [2.05, 4.69) is 23.1 Å². The van der Waals surface area contributed by atoms with Crippen LogP contribution >= 0.6 is 12.2 Å². The van der Waals surface area contributed by atoms with Crippen LogP contribution in [0, 0.1) is 0 Å². The number of rotatable bonds is 5. The van der Waals surface area contributed by atoms with E-state index in [1.54, 1.807) is 6.07 Å². The number of thiocarbonyl (C=S) groups is 1. The van der Waals surface area contributed by atoms with Crippen molar-refractivity contribution in [3.05, 3.63) is 48.0 Å². The van der Waals surface area contributed by atoms with Crippen molar-refractivity contribution in [2.75, 3.05) is 6.54 Å². The van der Waals surface area contributed by atoms with Crippen LogP contribution in [0.25, 0.3) is 10.8 Å². The quantitative estimate of drug-likeness (QED) is 0.451. The van der Waals surface area contributed by atoms with Crippen molar-refractivity contribution < 1.29 is 4.79 Å². The van der Waals surface area contributed by atoms with Gasteiger partial charge in [0.05, 0.1) is 0 Å². The van der Waals surface area contributed by atoms with Gasteiger partial charge >= 0.3 is 0 Å². The van der Waals surface area contributed by atoms with Crippen LogP contribution in [-0.2, 0) is 0 Å². The SMILES string of the molecule is CCCCCNC(=S)NNC(=O)c1ccc2ccccc2c1. The van der Waals surface area contributed by atoms with E-state index in [1.807, 2.05) is 36.4 Å². The monoisotopic (exact) mass is 315 g/mol. The third kappa shape index (κ3) is 4.70. The Labute approximate surface area is 136 Å². The Bertz CT molecular complexity index is 657. The number of hydrogen-bond donors (Lipinski definition) is 3. The minimum atomic E-state index is -0.205. The molecule has 2 aromatic carbocycles. The summed E-state index contributed by atoms with van der Waals surface area (Å²) in [5, 5.41) is 5.64. The Balaban J connectivity index is 1.84. The number of nitrogens with one attached hydrogen (secondary N) is 3. The third-order valence-electron chi connectivity index (χ3n) is 3.37. The predicted molar refractivity (Wildman–Crippen MR) is 94.7 cm³/mol. The van der Waals surface area contributed by atoms with Crippen molar-refractivity contribution in [2.45, 2.75) is 26.2 Å². The molecule has 0 aromatic heterocycles. The lowest BCUT2D eigenvalue weighted by molar-refractivity contribution is 0.0944. The fourth-order valence-electron chi connectivity index (χ4n) is 2.14. The Hall–Kier alpha value is -2.14. The largest absolute Gasteiger partial charge is 0.361 e. The van der Waals surface area contributed by atoms with Gasteiger partial charge in [-0.3, -0.25) is 15.6 Å². The first-order valence-corrected chi connectivity index (χ1v) is 7.94. The highest BCUT2D eigenvalue weighted by Gasteiger charge is 2.06. The molecule has 0 unspecified atom stereocenters. The fourth-order valence-corrected chi connectivity index (χ4v) is 2.29. The van der Waals surface area contributed by atoms with Crippen LogP contribution in [0.2, 0.25) is 0 Å². The highest BCUT2D eigenvalue weighted by molar-refractivity contribution is 7.80. The Morgan fingerprint density at radius 1 is 1.05 bits per heavy atom. The van der Waals surface area contributed by atoms with Gasteiger partial charge in [0.2, 0.25) is 0 Å². The number of carbonyl (C=O) groups excluding carboxylic acids is 1. The molecule has 1 amide bonds. The summed E-state index contributed by atoms with van der Waals surface area (Å²) in [6.07, 6.45) is 3.40. The number of hydrogen-bond acceptors (Lipinski definition) is 2. The molecule has 3 N–H and O–H groups in total. The van der Waals surface area contributed by atoms with E-state index in [0.717, 1.165) is 23.7 Å². The van der Waals surface area contributed by atoms with Crippen LogP contribution < -0.4 is 16.2 Å². The number of amides is 1. The van der Waals surface area contributed by atoms with Crippen LogP contribution in [-0.4, -0.2) is 17.6 Å². The summed E-state index contributed by atoms with van der Waals surface area (Å²) in [6, 6.07) is 13.5. The zero-order chi connectivity index (χ0) is 15.8. The van der Waals surface area contributed by atoms with E-state index in [9.17, 15) is 4.79 Å². The molecule has 2 rings (SSSR count). The lowest BCUT2D eigenvalue weighted by Crippen LogP contribution is -2.46. The summed E-state index contributed by atoms with van der Waals surface area (Å²) in [5.41, 5.74) is 5.94. The summed E-state index contributed by atoms with van der Waals surface area (Å²) in [4.78, 5) is 12.1. The van der Waals surface area contributed by atoms with Crippen molar-refractivity contribution in [1.82, 2.24) is 16.2 Å². The average molecular weight is 315 g/mol. The van der Waals surface area contributed by atoms with E-state index < -0.39 is 0 Å². The number of hydrazine groups is 1. The van der Waals surface area contributed by atoms with E-state index in [4.69, 9.17) is 12.2 Å². The normalized spacial score (nSPS) is 10.2. The van der Waals surface area contributed by atoms with Gasteiger partial charge in [0, 0.05) is 12.1 Å². The maximum atomic E-state index is 12.1. The molecule has 5 heteroatoms. The Morgan fingerprint density at radius 2 is 1.82 bits per heavy atom. The first-order valence-electron chi connectivity index (χ1n) is 7.53. The van der Waals surface area contributed by atoms with Crippen LogP contribution in [0.15, 0.2) is 42.5 Å². The molecular weight excluding hydrogens is 294 g/mol. The van der Waals surface area contributed by atoms with Crippen LogP contribution in [0.5, 0.6) is 0 Å². The molecule has 0 bridgehead atoms. The van der Waals surface area contributed by atoms with Crippen molar-refractivity contribution in [2.24, 2.45) is 0 Å². The van der Waals surface area contributed by atoms with Crippen molar-refractivity contribution in [1.29, 1.82) is 0 Å². The van der Waals surface area contributed by atoms with Gasteiger partial charge in [0.15, 0.2) is 5.11 Å². The lowest BCUT2D eigenvalue weighted by atomic mass is 10.1. The standard InChI is InChI=1S/C17H21N3OS/c1-2-3-6-11-18-17(22)20-19-16(21)15-10-9-13-7-4-5-8-14(13)12-15/h4-5,7-10,12H,2-3,6,11H2,1H3,(H,19,21)(H2,18,20,22). The summed E-state index contributed by atoms with van der Waals surface area (Å²) in [6.45, 7) is 2.96. The maximum Gasteiger partial charge on any atom is 0.269 e. The van der Waals surface area contributed by atoms with Gasteiger partial charge in [-0.2, -0.15) is 0 Å². The second-order valence-electron chi connectivity index (χ2n) is 5.10. The van der Waals surface area contributed by atoms with E-state index in [-0.39, 0.29) is 5.91 Å². The summed E-state index contributed by atoms with van der Waals surface area (Å²) in [5.74, 6) is -0.205. The third-order valence-corrected chi connectivity index (χ3v) is 3.61. The van der Waals surface area contributed by atoms with Gasteiger partial charge in [-0.25, -0.2) is 0 Å². The minimum Gasteiger partial charge on any atom is -0.361 e. The first kappa shape index (κ1) is 16.2. The summed E-state index contributed by atoms with van der Waals surface area (Å²) >= 11 is 5.11. The van der Waals surface area contributed by atoms with Gasteiger partial charge in [-0.05, 0) is 41.5 Å². The number of unbranched alkanes of at least 4 members (excludes halogenated alkanes) is 2. The maximum absolute atomic E-state index is 12.1. The smallest absolute Gasteiger partial charge is 0.269 e. The molecule has 0 heterocycles. The average Bonchev–Trinajstić information content (AvgIpc) is 2.56. The molecule has 0 saturated heterocycles. The van der Waals surface area contributed by atoms with Gasteiger partial charge in [-0.1, -0.05) is 50.1 Å². The second-order valence-corrected chi connectivity index (χ2v) is 5.51. The molecule has 0 aliphatic carbocycles. The molecule has 22 heavy (non-hydrogen) atoms. The van der Waals surface area contributed by atoms with Crippen LogP contribution in [0.4, 0.5) is 0 Å². The molecule has 0 radical (unpaired) electrons. The molecule has 0 aliphatic heterocycles. The van der Waals surface area contributed by atoms with Gasteiger partial charge in [0.25, 0.3) is 5.91 Å². The van der Waals surface area contributed by atoms with E-state index >= 15 is 0 Å². The molecule has 4 nitrogen and oxygen atoms in total. The molecule has 2 aromatic rings. The lowest BCUT2D eigenvalue weighted by Gasteiger charge is -2.11. The van der Waals surface area contributed by atoms with Crippen molar-refractivity contribution >= 4 is 34.0 Å². The predicted octanol–water partition coefficient (Wildman–Crippen LogP) is 3.14. The van der Waals surface area contributed by atoms with E-state index in [0.29, 0.717) is 10.7 Å². The molecular formula is C17H21N3OS. The molecule has 116 valence electrons. The number of benzene rings is 2. The summed E-state index contributed by atoms with van der Waals surface area (Å²) < 4.78 is 0. The zero-order valence-electron chi connectivity index (χ0n) is 12.7. The highest BCUT2D eigenvalue weighted by atomic mass is 32.1. The van der Waals surface area contributed by atoms with Gasteiger partial charge < -0.3 is 5.32 Å².